The van der Waals surface area contributed by atoms with E-state index in [2.05, 4.69) is 19.2 Å². The minimum absolute atomic E-state index is 0.266. The molecular formula is C20H47NO4Si2. The Bertz CT molecular complexity index is 293. The lowest BCUT2D eigenvalue weighted by atomic mass is 10.3. The van der Waals surface area contributed by atoms with Crippen LogP contribution in [-0.4, -0.2) is 69.4 Å². The van der Waals surface area contributed by atoms with Crippen LogP contribution < -0.4 is 5.32 Å². The summed E-state index contributed by atoms with van der Waals surface area (Å²) in [7, 11) is -0.716. The molecule has 0 amide bonds. The number of nitrogens with one attached hydrogen (secondary N) is 1. The van der Waals surface area contributed by atoms with Gasteiger partial charge in [0, 0.05) is 26.4 Å². The molecule has 27 heavy (non-hydrogen) atoms. The quantitative estimate of drug-likeness (QED) is 0.186. The van der Waals surface area contributed by atoms with E-state index < -0.39 is 0 Å². The van der Waals surface area contributed by atoms with E-state index in [1.165, 1.54) is 37.8 Å². The highest BCUT2D eigenvalue weighted by atomic mass is 28.2. The molecule has 0 aliphatic rings. The third-order valence-electron chi connectivity index (χ3n) is 4.77. The van der Waals surface area contributed by atoms with E-state index in [1.54, 1.807) is 0 Å². The molecule has 0 saturated carbocycles. The maximum atomic E-state index is 5.82. The molecule has 5 nitrogen and oxygen atoms in total. The summed E-state index contributed by atoms with van der Waals surface area (Å²) in [6.45, 7) is 17.6. The first kappa shape index (κ1) is 27.2. The first-order chi connectivity index (χ1) is 12.9. The summed E-state index contributed by atoms with van der Waals surface area (Å²) in [6, 6.07) is 2.58. The fourth-order valence-corrected chi connectivity index (χ4v) is 7.35. The third kappa shape index (κ3) is 14.8. The zero-order valence-electron chi connectivity index (χ0n) is 19.0. The van der Waals surface area contributed by atoms with Gasteiger partial charge in [-0.2, -0.15) is 0 Å². The van der Waals surface area contributed by atoms with E-state index in [0.29, 0.717) is 0 Å². The van der Waals surface area contributed by atoms with Gasteiger partial charge in [0.15, 0.2) is 0 Å². The van der Waals surface area contributed by atoms with Crippen molar-refractivity contribution in [1.29, 1.82) is 0 Å². The lowest BCUT2D eigenvalue weighted by molar-refractivity contribution is -0.163. The van der Waals surface area contributed by atoms with Crippen molar-refractivity contribution in [2.75, 3.05) is 39.5 Å². The van der Waals surface area contributed by atoms with Crippen LogP contribution in [0.15, 0.2) is 0 Å². The predicted octanol–water partition coefficient (Wildman–Crippen LogP) is 2.80. The van der Waals surface area contributed by atoms with Gasteiger partial charge in [-0.15, -0.1) is 0 Å². The number of ether oxygens (including phenoxy) is 4. The Labute approximate surface area is 173 Å². The highest BCUT2D eigenvalue weighted by molar-refractivity contribution is 6.39. The molecule has 0 aromatic rings. The number of rotatable bonds is 20. The Kier molecular flexibility index (Phi) is 17.3. The maximum absolute atomic E-state index is 5.82. The fourth-order valence-electron chi connectivity index (χ4n) is 3.46. The standard InChI is InChI=1S/C20H47NO4Si2/c1-7-22-19(5,23-8-2)26-17-13-11-15-21-16-12-14-18-27-20(6,24-9-3)25-10-4/h21H,7-18,26-27H2,1-6H3. The monoisotopic (exact) mass is 421 g/mol. The van der Waals surface area contributed by atoms with Crippen molar-refractivity contribution < 1.29 is 18.9 Å². The van der Waals surface area contributed by atoms with Crippen LogP contribution >= 0.6 is 0 Å². The van der Waals surface area contributed by atoms with E-state index in [9.17, 15) is 0 Å². The van der Waals surface area contributed by atoms with Gasteiger partial charge in [0.05, 0.1) is 19.0 Å². The van der Waals surface area contributed by atoms with Crippen molar-refractivity contribution in [2.45, 2.75) is 90.1 Å². The van der Waals surface area contributed by atoms with Crippen LogP contribution in [0.5, 0.6) is 0 Å². The molecule has 0 spiro atoms. The minimum atomic E-state index is -0.358. The molecule has 0 aromatic heterocycles. The first-order valence-corrected chi connectivity index (χ1v) is 14.6. The van der Waals surface area contributed by atoms with Crippen molar-refractivity contribution in [1.82, 2.24) is 5.32 Å². The normalized spacial score (nSPS) is 13.6. The topological polar surface area (TPSA) is 49.0 Å². The zero-order valence-corrected chi connectivity index (χ0v) is 21.9. The van der Waals surface area contributed by atoms with Crippen molar-refractivity contribution in [3.63, 3.8) is 0 Å². The van der Waals surface area contributed by atoms with Crippen LogP contribution in [0, 0.1) is 0 Å². The molecule has 0 saturated heterocycles. The summed E-state index contributed by atoms with van der Waals surface area (Å²) in [6.07, 6.45) is 5.07. The molecule has 0 aliphatic heterocycles. The Morgan fingerprint density at radius 1 is 0.593 bits per heavy atom. The molecule has 0 radical (unpaired) electrons. The molecule has 0 aliphatic carbocycles. The summed E-state index contributed by atoms with van der Waals surface area (Å²) >= 11 is 0. The number of hydrogen-bond acceptors (Lipinski definition) is 5. The molecule has 0 heterocycles. The molecule has 164 valence electrons. The van der Waals surface area contributed by atoms with Crippen LogP contribution in [0.2, 0.25) is 12.1 Å². The van der Waals surface area contributed by atoms with Gasteiger partial charge in [-0.1, -0.05) is 24.9 Å². The SMILES string of the molecule is CCOC(C)(OCC)[SiH2]CCCCNCCCC[SiH2]C(C)(OCC)OCC. The van der Waals surface area contributed by atoms with E-state index in [-0.39, 0.29) is 29.9 Å². The van der Waals surface area contributed by atoms with Crippen LogP contribution in [0.3, 0.4) is 0 Å². The van der Waals surface area contributed by atoms with Gasteiger partial charge in [0.1, 0.15) is 10.8 Å². The average molecular weight is 422 g/mol. The number of unbranched alkanes of at least 4 members (excludes halogenated alkanes) is 2. The van der Waals surface area contributed by atoms with Crippen LogP contribution in [-0.2, 0) is 18.9 Å². The lowest BCUT2D eigenvalue weighted by Gasteiger charge is -2.29. The van der Waals surface area contributed by atoms with Crippen LogP contribution in [0.25, 0.3) is 0 Å². The van der Waals surface area contributed by atoms with Crippen molar-refractivity contribution in [2.24, 2.45) is 0 Å². The minimum Gasteiger partial charge on any atom is -0.355 e. The van der Waals surface area contributed by atoms with Gasteiger partial charge in [-0.3, -0.25) is 0 Å². The van der Waals surface area contributed by atoms with Crippen LogP contribution in [0.1, 0.15) is 67.2 Å². The van der Waals surface area contributed by atoms with E-state index >= 15 is 0 Å². The van der Waals surface area contributed by atoms with Gasteiger partial charge < -0.3 is 24.3 Å². The Hall–Kier alpha value is 0.234. The second-order valence-corrected chi connectivity index (χ2v) is 12.4. The molecule has 0 rings (SSSR count). The molecule has 0 atom stereocenters. The summed E-state index contributed by atoms with van der Waals surface area (Å²) in [4.78, 5) is 0. The van der Waals surface area contributed by atoms with E-state index in [0.717, 1.165) is 39.5 Å². The molecule has 0 aromatic carbocycles. The summed E-state index contributed by atoms with van der Waals surface area (Å²) < 4.78 is 23.3. The van der Waals surface area contributed by atoms with Crippen molar-refractivity contribution in [3.05, 3.63) is 0 Å². The average Bonchev–Trinajstić information content (AvgIpc) is 2.60. The third-order valence-corrected chi connectivity index (χ3v) is 9.11. The molecule has 0 bridgehead atoms. The largest absolute Gasteiger partial charge is 0.355 e. The summed E-state index contributed by atoms with van der Waals surface area (Å²) in [5.41, 5.74) is -0.531. The molecule has 1 N–H and O–H groups in total. The number of hydrogen-bond donors (Lipinski definition) is 1. The summed E-state index contributed by atoms with van der Waals surface area (Å²) in [5.74, 6) is 0. The van der Waals surface area contributed by atoms with E-state index in [1.807, 2.05) is 27.7 Å². The Morgan fingerprint density at radius 3 is 1.22 bits per heavy atom. The fraction of sp³-hybridized carbons (Fsp3) is 1.00. The van der Waals surface area contributed by atoms with Gasteiger partial charge in [0.2, 0.25) is 0 Å². The van der Waals surface area contributed by atoms with Crippen molar-refractivity contribution in [3.8, 4) is 0 Å². The highest BCUT2D eigenvalue weighted by Gasteiger charge is 2.25. The van der Waals surface area contributed by atoms with Gasteiger partial charge >= 0.3 is 0 Å². The smallest absolute Gasteiger partial charge is 0.142 e. The molecule has 0 unspecified atom stereocenters. The van der Waals surface area contributed by atoms with Gasteiger partial charge in [-0.05, 0) is 67.5 Å². The highest BCUT2D eigenvalue weighted by Crippen LogP contribution is 2.15. The second kappa shape index (κ2) is 17.1. The maximum Gasteiger partial charge on any atom is 0.142 e. The van der Waals surface area contributed by atoms with E-state index in [4.69, 9.17) is 18.9 Å². The summed E-state index contributed by atoms with van der Waals surface area (Å²) in [5, 5.41) is 3.59. The Morgan fingerprint density at radius 2 is 0.926 bits per heavy atom. The van der Waals surface area contributed by atoms with Gasteiger partial charge in [-0.25, -0.2) is 0 Å². The predicted molar refractivity (Wildman–Crippen MR) is 121 cm³/mol. The first-order valence-electron chi connectivity index (χ1n) is 11.2. The second-order valence-electron chi connectivity index (χ2n) is 7.37. The van der Waals surface area contributed by atoms with Gasteiger partial charge in [0.25, 0.3) is 0 Å². The molecule has 0 fully saturated rings. The zero-order chi connectivity index (χ0) is 20.4. The Balaban J connectivity index is 3.59. The molecule has 7 heteroatoms. The lowest BCUT2D eigenvalue weighted by Crippen LogP contribution is -2.39. The van der Waals surface area contributed by atoms with Crippen molar-refractivity contribution >= 4 is 19.0 Å². The molecular weight excluding hydrogens is 374 g/mol. The van der Waals surface area contributed by atoms with Crippen LogP contribution in [0.4, 0.5) is 0 Å².